The van der Waals surface area contributed by atoms with Crippen LogP contribution in [-0.4, -0.2) is 13.1 Å². The summed E-state index contributed by atoms with van der Waals surface area (Å²) in [5.41, 5.74) is 4.46. The topological polar surface area (TPSA) is 26.3 Å². The molecule has 0 amide bonds. The first kappa shape index (κ1) is 12.4. The van der Waals surface area contributed by atoms with E-state index < -0.39 is 0 Å². The first-order valence-electron chi connectivity index (χ1n) is 5.93. The van der Waals surface area contributed by atoms with Gasteiger partial charge in [0.15, 0.2) is 0 Å². The molecule has 0 atom stereocenters. The van der Waals surface area contributed by atoms with E-state index >= 15 is 0 Å². The third-order valence-corrected chi connectivity index (χ3v) is 3.02. The fourth-order valence-corrected chi connectivity index (χ4v) is 2.04. The van der Waals surface area contributed by atoms with Gasteiger partial charge in [-0.3, -0.25) is 4.79 Å². The van der Waals surface area contributed by atoms with Crippen molar-refractivity contribution in [2.45, 2.75) is 13.3 Å². The van der Waals surface area contributed by atoms with Crippen molar-refractivity contribution >= 4 is 5.97 Å². The maximum atomic E-state index is 11.4. The predicted octanol–water partition coefficient (Wildman–Crippen LogP) is 3.38. The van der Waals surface area contributed by atoms with Crippen LogP contribution in [0.5, 0.6) is 0 Å². The predicted molar refractivity (Wildman–Crippen MR) is 72.3 cm³/mol. The number of esters is 1. The highest BCUT2D eigenvalue weighted by molar-refractivity contribution is 5.78. The summed E-state index contributed by atoms with van der Waals surface area (Å²) >= 11 is 0. The van der Waals surface area contributed by atoms with E-state index in [2.05, 4.69) is 19.1 Å². The van der Waals surface area contributed by atoms with Crippen LogP contribution >= 0.6 is 0 Å². The number of ether oxygens (including phenoxy) is 1. The van der Waals surface area contributed by atoms with Crippen molar-refractivity contribution in [3.05, 3.63) is 59.7 Å². The van der Waals surface area contributed by atoms with Crippen molar-refractivity contribution in [1.29, 1.82) is 0 Å². The molecule has 0 aliphatic heterocycles. The van der Waals surface area contributed by atoms with Gasteiger partial charge in [-0.1, -0.05) is 48.5 Å². The maximum Gasteiger partial charge on any atom is 0.309 e. The zero-order valence-corrected chi connectivity index (χ0v) is 10.6. The highest BCUT2D eigenvalue weighted by Gasteiger charge is 2.10. The largest absolute Gasteiger partial charge is 0.469 e. The van der Waals surface area contributed by atoms with Gasteiger partial charge in [-0.05, 0) is 29.2 Å². The van der Waals surface area contributed by atoms with Crippen molar-refractivity contribution in [2.75, 3.05) is 7.11 Å². The van der Waals surface area contributed by atoms with Crippen LogP contribution in [0.3, 0.4) is 0 Å². The lowest BCUT2D eigenvalue weighted by atomic mass is 9.95. The standard InChI is InChI=1S/C16H16O2/c1-12-7-3-5-9-14(12)15-10-6-4-8-13(15)11-16(17)18-2/h3-10H,11H2,1-2H3. The number of hydrogen-bond acceptors (Lipinski definition) is 2. The summed E-state index contributed by atoms with van der Waals surface area (Å²) in [7, 11) is 1.42. The number of benzene rings is 2. The van der Waals surface area contributed by atoms with Gasteiger partial charge >= 0.3 is 5.97 Å². The summed E-state index contributed by atoms with van der Waals surface area (Å²) < 4.78 is 4.74. The Balaban J connectivity index is 2.45. The Morgan fingerprint density at radius 2 is 1.61 bits per heavy atom. The number of aryl methyl sites for hydroxylation is 1. The smallest absolute Gasteiger partial charge is 0.309 e. The minimum Gasteiger partial charge on any atom is -0.469 e. The lowest BCUT2D eigenvalue weighted by Crippen LogP contribution is -2.05. The molecule has 0 saturated heterocycles. The quantitative estimate of drug-likeness (QED) is 0.769. The molecule has 18 heavy (non-hydrogen) atoms. The fraction of sp³-hybridized carbons (Fsp3) is 0.188. The molecule has 0 bridgehead atoms. The van der Waals surface area contributed by atoms with Gasteiger partial charge in [0.1, 0.15) is 0 Å². The van der Waals surface area contributed by atoms with Gasteiger partial charge in [0, 0.05) is 0 Å². The van der Waals surface area contributed by atoms with E-state index in [-0.39, 0.29) is 5.97 Å². The molecular formula is C16H16O2. The van der Waals surface area contributed by atoms with Crippen molar-refractivity contribution in [1.82, 2.24) is 0 Å². The van der Waals surface area contributed by atoms with Crippen molar-refractivity contribution in [2.24, 2.45) is 0 Å². The molecule has 0 aromatic heterocycles. The van der Waals surface area contributed by atoms with E-state index in [1.54, 1.807) is 0 Å². The molecule has 2 aromatic carbocycles. The molecule has 0 fully saturated rings. The second kappa shape index (κ2) is 5.50. The second-order valence-electron chi connectivity index (χ2n) is 4.22. The maximum absolute atomic E-state index is 11.4. The van der Waals surface area contributed by atoms with Gasteiger partial charge < -0.3 is 4.74 Å². The fourth-order valence-electron chi connectivity index (χ4n) is 2.04. The third kappa shape index (κ3) is 2.59. The van der Waals surface area contributed by atoms with Crippen LogP contribution in [0.1, 0.15) is 11.1 Å². The Kier molecular flexibility index (Phi) is 3.78. The van der Waals surface area contributed by atoms with Crippen molar-refractivity contribution in [3.8, 4) is 11.1 Å². The molecule has 0 aliphatic rings. The third-order valence-electron chi connectivity index (χ3n) is 3.02. The van der Waals surface area contributed by atoms with E-state index in [1.165, 1.54) is 12.7 Å². The molecule has 0 aliphatic carbocycles. The summed E-state index contributed by atoms with van der Waals surface area (Å²) in [6.45, 7) is 2.07. The van der Waals surface area contributed by atoms with Gasteiger partial charge in [0.25, 0.3) is 0 Å². The van der Waals surface area contributed by atoms with Crippen LogP contribution in [0.4, 0.5) is 0 Å². The highest BCUT2D eigenvalue weighted by Crippen LogP contribution is 2.27. The number of carbonyl (C=O) groups excluding carboxylic acids is 1. The Hall–Kier alpha value is -2.09. The van der Waals surface area contributed by atoms with E-state index in [4.69, 9.17) is 4.74 Å². The molecule has 2 heteroatoms. The molecule has 2 aromatic rings. The number of carbonyl (C=O) groups is 1. The van der Waals surface area contributed by atoms with Crippen LogP contribution in [0.2, 0.25) is 0 Å². The van der Waals surface area contributed by atoms with Gasteiger partial charge in [0.2, 0.25) is 0 Å². The Labute approximate surface area is 107 Å². The zero-order valence-electron chi connectivity index (χ0n) is 10.6. The molecule has 2 nitrogen and oxygen atoms in total. The Morgan fingerprint density at radius 3 is 2.28 bits per heavy atom. The number of methoxy groups -OCH3 is 1. The lowest BCUT2D eigenvalue weighted by Gasteiger charge is -2.11. The molecule has 0 unspecified atom stereocenters. The van der Waals surface area contributed by atoms with E-state index in [0.717, 1.165) is 16.7 Å². The minimum absolute atomic E-state index is 0.212. The van der Waals surface area contributed by atoms with Crippen molar-refractivity contribution in [3.63, 3.8) is 0 Å². The van der Waals surface area contributed by atoms with E-state index in [9.17, 15) is 4.79 Å². The number of hydrogen-bond donors (Lipinski definition) is 0. The van der Waals surface area contributed by atoms with Gasteiger partial charge in [-0.15, -0.1) is 0 Å². The lowest BCUT2D eigenvalue weighted by molar-refractivity contribution is -0.139. The molecule has 0 heterocycles. The second-order valence-corrected chi connectivity index (χ2v) is 4.22. The van der Waals surface area contributed by atoms with Crippen LogP contribution in [0.25, 0.3) is 11.1 Å². The average Bonchev–Trinajstić information content (AvgIpc) is 2.40. The first-order valence-corrected chi connectivity index (χ1v) is 5.93. The summed E-state index contributed by atoms with van der Waals surface area (Å²) in [6.07, 6.45) is 0.307. The van der Waals surface area contributed by atoms with Gasteiger partial charge in [0.05, 0.1) is 13.5 Å². The summed E-state index contributed by atoms with van der Waals surface area (Å²) in [6, 6.07) is 16.1. The summed E-state index contributed by atoms with van der Waals surface area (Å²) in [5.74, 6) is -0.212. The highest BCUT2D eigenvalue weighted by atomic mass is 16.5. The Morgan fingerprint density at radius 1 is 1.00 bits per heavy atom. The number of rotatable bonds is 3. The zero-order chi connectivity index (χ0) is 13.0. The van der Waals surface area contributed by atoms with Crippen LogP contribution in [0, 0.1) is 6.92 Å². The summed E-state index contributed by atoms with van der Waals surface area (Å²) in [5, 5.41) is 0. The van der Waals surface area contributed by atoms with E-state index in [1.807, 2.05) is 36.4 Å². The molecule has 0 spiro atoms. The molecular weight excluding hydrogens is 224 g/mol. The molecule has 2 rings (SSSR count). The van der Waals surface area contributed by atoms with Crippen LogP contribution in [-0.2, 0) is 16.0 Å². The van der Waals surface area contributed by atoms with Crippen LogP contribution < -0.4 is 0 Å². The van der Waals surface area contributed by atoms with E-state index in [0.29, 0.717) is 6.42 Å². The normalized spacial score (nSPS) is 10.1. The molecule has 0 saturated carbocycles. The van der Waals surface area contributed by atoms with Crippen LogP contribution in [0.15, 0.2) is 48.5 Å². The van der Waals surface area contributed by atoms with Gasteiger partial charge in [-0.25, -0.2) is 0 Å². The average molecular weight is 240 g/mol. The SMILES string of the molecule is COC(=O)Cc1ccccc1-c1ccccc1C. The van der Waals surface area contributed by atoms with Crippen molar-refractivity contribution < 1.29 is 9.53 Å². The monoisotopic (exact) mass is 240 g/mol. The molecule has 0 radical (unpaired) electrons. The molecule has 92 valence electrons. The summed E-state index contributed by atoms with van der Waals surface area (Å²) in [4.78, 5) is 11.4. The molecule has 0 N–H and O–H groups in total. The first-order chi connectivity index (χ1) is 8.72. The Bertz CT molecular complexity index is 559. The van der Waals surface area contributed by atoms with Gasteiger partial charge in [-0.2, -0.15) is 0 Å². The minimum atomic E-state index is -0.212.